The van der Waals surface area contributed by atoms with Gasteiger partial charge in [0, 0.05) is 12.6 Å². The Labute approximate surface area is 106 Å². The predicted molar refractivity (Wildman–Crippen MR) is 71.8 cm³/mol. The van der Waals surface area contributed by atoms with Crippen molar-refractivity contribution in [3.05, 3.63) is 40.3 Å². The average Bonchev–Trinajstić information content (AvgIpc) is 2.88. The van der Waals surface area contributed by atoms with Crippen LogP contribution in [0, 0.1) is 6.92 Å². The van der Waals surface area contributed by atoms with E-state index in [-0.39, 0.29) is 5.56 Å². The highest BCUT2D eigenvalue weighted by Crippen LogP contribution is 2.13. The van der Waals surface area contributed by atoms with Gasteiger partial charge in [-0.15, -0.1) is 0 Å². The Morgan fingerprint density at radius 1 is 1.44 bits per heavy atom. The standard InChI is InChI=1S/C14H17N3O/c1-10-14(18)17(9-11-5-4-8-15-11)13-7-3-2-6-12(13)16-10/h2-3,6-7,11,15H,4-5,8-9H2,1H3/t11-/m0/s1. The fourth-order valence-corrected chi connectivity index (χ4v) is 2.63. The maximum Gasteiger partial charge on any atom is 0.272 e. The minimum absolute atomic E-state index is 0.0300. The first-order valence-electron chi connectivity index (χ1n) is 6.45. The SMILES string of the molecule is Cc1nc2ccccc2n(C[C@@H]2CCCN2)c1=O. The molecule has 2 heterocycles. The second kappa shape index (κ2) is 4.53. The quantitative estimate of drug-likeness (QED) is 0.868. The molecular weight excluding hydrogens is 226 g/mol. The van der Waals surface area contributed by atoms with Crippen LogP contribution in [-0.4, -0.2) is 22.1 Å². The van der Waals surface area contributed by atoms with Crippen molar-refractivity contribution in [3.63, 3.8) is 0 Å². The predicted octanol–water partition coefficient (Wildman–Crippen LogP) is 1.46. The molecule has 0 radical (unpaired) electrons. The van der Waals surface area contributed by atoms with Crippen LogP contribution in [0.5, 0.6) is 0 Å². The Kier molecular flexibility index (Phi) is 2.88. The third-order valence-electron chi connectivity index (χ3n) is 3.58. The molecule has 0 saturated carbocycles. The topological polar surface area (TPSA) is 46.9 Å². The highest BCUT2D eigenvalue weighted by Gasteiger charge is 2.17. The van der Waals surface area contributed by atoms with Gasteiger partial charge in [0.2, 0.25) is 0 Å². The lowest BCUT2D eigenvalue weighted by atomic mass is 10.2. The second-order valence-corrected chi connectivity index (χ2v) is 4.89. The molecule has 1 N–H and O–H groups in total. The first kappa shape index (κ1) is 11.4. The van der Waals surface area contributed by atoms with Crippen molar-refractivity contribution in [2.45, 2.75) is 32.4 Å². The monoisotopic (exact) mass is 243 g/mol. The molecule has 3 rings (SSSR count). The minimum Gasteiger partial charge on any atom is -0.312 e. The minimum atomic E-state index is 0.0300. The zero-order valence-corrected chi connectivity index (χ0v) is 10.5. The normalized spacial score (nSPS) is 19.5. The summed E-state index contributed by atoms with van der Waals surface area (Å²) in [5, 5.41) is 3.44. The van der Waals surface area contributed by atoms with E-state index in [2.05, 4.69) is 10.3 Å². The number of aromatic nitrogens is 2. The van der Waals surface area contributed by atoms with Crippen molar-refractivity contribution >= 4 is 11.0 Å². The van der Waals surface area contributed by atoms with E-state index < -0.39 is 0 Å². The van der Waals surface area contributed by atoms with E-state index in [1.807, 2.05) is 28.8 Å². The molecule has 1 atom stereocenters. The Hall–Kier alpha value is -1.68. The van der Waals surface area contributed by atoms with Gasteiger partial charge < -0.3 is 9.88 Å². The zero-order chi connectivity index (χ0) is 12.5. The number of aryl methyl sites for hydroxylation is 1. The number of nitrogens with zero attached hydrogens (tertiary/aromatic N) is 2. The molecule has 0 spiro atoms. The average molecular weight is 243 g/mol. The van der Waals surface area contributed by atoms with Crippen LogP contribution < -0.4 is 10.9 Å². The maximum absolute atomic E-state index is 12.2. The number of hydrogen-bond acceptors (Lipinski definition) is 3. The van der Waals surface area contributed by atoms with Crippen LogP contribution in [0.1, 0.15) is 18.5 Å². The zero-order valence-electron chi connectivity index (χ0n) is 10.5. The number of hydrogen-bond donors (Lipinski definition) is 1. The van der Waals surface area contributed by atoms with E-state index in [4.69, 9.17) is 0 Å². The van der Waals surface area contributed by atoms with Gasteiger partial charge >= 0.3 is 0 Å². The largest absolute Gasteiger partial charge is 0.312 e. The van der Waals surface area contributed by atoms with Crippen LogP contribution in [0.25, 0.3) is 11.0 Å². The van der Waals surface area contributed by atoms with Gasteiger partial charge in [-0.2, -0.15) is 0 Å². The smallest absolute Gasteiger partial charge is 0.272 e. The number of rotatable bonds is 2. The van der Waals surface area contributed by atoms with Crippen LogP contribution in [0.3, 0.4) is 0 Å². The summed E-state index contributed by atoms with van der Waals surface area (Å²) < 4.78 is 1.86. The molecule has 1 aromatic carbocycles. The molecule has 0 unspecified atom stereocenters. The van der Waals surface area contributed by atoms with E-state index in [9.17, 15) is 4.79 Å². The lowest BCUT2D eigenvalue weighted by Gasteiger charge is -2.15. The van der Waals surface area contributed by atoms with Gasteiger partial charge in [-0.25, -0.2) is 4.98 Å². The number of nitrogens with one attached hydrogen (secondary N) is 1. The molecule has 0 amide bonds. The highest BCUT2D eigenvalue weighted by atomic mass is 16.1. The molecule has 4 nitrogen and oxygen atoms in total. The van der Waals surface area contributed by atoms with Crippen LogP contribution >= 0.6 is 0 Å². The lowest BCUT2D eigenvalue weighted by Crippen LogP contribution is -2.33. The van der Waals surface area contributed by atoms with Crippen molar-refractivity contribution in [1.29, 1.82) is 0 Å². The van der Waals surface area contributed by atoms with Gasteiger partial charge in [0.25, 0.3) is 5.56 Å². The fraction of sp³-hybridized carbons (Fsp3) is 0.429. The van der Waals surface area contributed by atoms with Gasteiger partial charge in [-0.05, 0) is 38.4 Å². The number of para-hydroxylation sites is 2. The Morgan fingerprint density at radius 2 is 2.28 bits per heavy atom. The summed E-state index contributed by atoms with van der Waals surface area (Å²) in [6.07, 6.45) is 2.34. The molecule has 1 aliphatic rings. The summed E-state index contributed by atoms with van der Waals surface area (Å²) in [6, 6.07) is 8.25. The Bertz CT molecular complexity index is 626. The van der Waals surface area contributed by atoms with E-state index in [1.165, 1.54) is 6.42 Å². The molecule has 18 heavy (non-hydrogen) atoms. The summed E-state index contributed by atoms with van der Waals surface area (Å²) in [5.41, 5.74) is 2.43. The molecule has 1 aromatic heterocycles. The van der Waals surface area contributed by atoms with Crippen LogP contribution in [-0.2, 0) is 6.54 Å². The fourth-order valence-electron chi connectivity index (χ4n) is 2.63. The van der Waals surface area contributed by atoms with E-state index in [1.54, 1.807) is 6.92 Å². The van der Waals surface area contributed by atoms with Gasteiger partial charge in [-0.1, -0.05) is 12.1 Å². The van der Waals surface area contributed by atoms with Crippen LogP contribution in [0.15, 0.2) is 29.1 Å². The number of fused-ring (bicyclic) bond motifs is 1. The van der Waals surface area contributed by atoms with Crippen molar-refractivity contribution < 1.29 is 0 Å². The summed E-state index contributed by atoms with van der Waals surface area (Å²) >= 11 is 0. The van der Waals surface area contributed by atoms with Crippen molar-refractivity contribution in [2.75, 3.05) is 6.54 Å². The Morgan fingerprint density at radius 3 is 3.06 bits per heavy atom. The van der Waals surface area contributed by atoms with Crippen molar-refractivity contribution in [3.8, 4) is 0 Å². The molecule has 1 aliphatic heterocycles. The molecular formula is C14H17N3O. The van der Waals surface area contributed by atoms with Crippen LogP contribution in [0.2, 0.25) is 0 Å². The van der Waals surface area contributed by atoms with Gasteiger partial charge in [0.05, 0.1) is 11.0 Å². The highest BCUT2D eigenvalue weighted by molar-refractivity contribution is 5.74. The Balaban J connectivity index is 2.12. The van der Waals surface area contributed by atoms with E-state index in [0.717, 1.165) is 30.5 Å². The molecule has 0 bridgehead atoms. The first-order valence-corrected chi connectivity index (χ1v) is 6.45. The van der Waals surface area contributed by atoms with Gasteiger partial charge in [-0.3, -0.25) is 4.79 Å². The molecule has 2 aromatic rings. The summed E-state index contributed by atoms with van der Waals surface area (Å²) in [4.78, 5) is 16.6. The summed E-state index contributed by atoms with van der Waals surface area (Å²) in [7, 11) is 0. The molecule has 4 heteroatoms. The van der Waals surface area contributed by atoms with Crippen molar-refractivity contribution in [1.82, 2.24) is 14.9 Å². The maximum atomic E-state index is 12.2. The number of benzene rings is 1. The third kappa shape index (κ3) is 1.93. The summed E-state index contributed by atoms with van der Waals surface area (Å²) in [5.74, 6) is 0. The second-order valence-electron chi connectivity index (χ2n) is 4.89. The molecule has 94 valence electrons. The summed E-state index contributed by atoms with van der Waals surface area (Å²) in [6.45, 7) is 3.58. The van der Waals surface area contributed by atoms with E-state index in [0.29, 0.717) is 11.7 Å². The molecule has 1 fully saturated rings. The first-order chi connectivity index (χ1) is 8.75. The van der Waals surface area contributed by atoms with E-state index >= 15 is 0 Å². The van der Waals surface area contributed by atoms with Crippen LogP contribution in [0.4, 0.5) is 0 Å². The molecule has 1 saturated heterocycles. The molecule has 0 aliphatic carbocycles. The van der Waals surface area contributed by atoms with Gasteiger partial charge in [0.15, 0.2) is 0 Å². The third-order valence-corrected chi connectivity index (χ3v) is 3.58. The lowest BCUT2D eigenvalue weighted by molar-refractivity contribution is 0.507. The van der Waals surface area contributed by atoms with Gasteiger partial charge in [0.1, 0.15) is 5.69 Å². The van der Waals surface area contributed by atoms with Crippen molar-refractivity contribution in [2.24, 2.45) is 0 Å².